The van der Waals surface area contributed by atoms with E-state index in [1.165, 1.54) is 39.0 Å². The summed E-state index contributed by atoms with van der Waals surface area (Å²) < 4.78 is 0. The van der Waals surface area contributed by atoms with Gasteiger partial charge in [-0.15, -0.1) is 0 Å². The molecule has 2 aromatic rings. The van der Waals surface area contributed by atoms with Crippen molar-refractivity contribution in [2.24, 2.45) is 5.41 Å². The quantitative estimate of drug-likeness (QED) is 0.483. The first-order valence-electron chi connectivity index (χ1n) is 7.31. The molecule has 0 heteroatoms. The smallest absolute Gasteiger partial charge is 0.00697 e. The van der Waals surface area contributed by atoms with Gasteiger partial charge in [-0.05, 0) is 52.7 Å². The topological polar surface area (TPSA) is 0 Å². The van der Waals surface area contributed by atoms with E-state index in [2.05, 4.69) is 77.1 Å². The van der Waals surface area contributed by atoms with Gasteiger partial charge >= 0.3 is 0 Å². The van der Waals surface area contributed by atoms with Gasteiger partial charge in [0.2, 0.25) is 0 Å². The Labute approximate surface area is 122 Å². The molecule has 0 bridgehead atoms. The van der Waals surface area contributed by atoms with Crippen molar-refractivity contribution in [3.63, 3.8) is 0 Å². The van der Waals surface area contributed by atoms with Crippen LogP contribution in [0, 0.1) is 19.3 Å². The summed E-state index contributed by atoms with van der Waals surface area (Å²) in [7, 11) is 0. The highest BCUT2D eigenvalue weighted by molar-refractivity contribution is 6.02. The van der Waals surface area contributed by atoms with Gasteiger partial charge in [-0.2, -0.15) is 0 Å². The van der Waals surface area contributed by atoms with Crippen LogP contribution in [0.3, 0.4) is 0 Å². The number of allylic oxidation sites excluding steroid dienone is 1. The largest absolute Gasteiger partial charge is 0.0706 e. The molecule has 1 aliphatic carbocycles. The average Bonchev–Trinajstić information content (AvgIpc) is 2.63. The van der Waals surface area contributed by atoms with Crippen molar-refractivity contribution in [2.45, 2.75) is 34.6 Å². The van der Waals surface area contributed by atoms with Crippen molar-refractivity contribution in [1.82, 2.24) is 0 Å². The maximum Gasteiger partial charge on any atom is -0.00697 e. The third kappa shape index (κ3) is 2.10. The molecule has 0 unspecified atom stereocenters. The summed E-state index contributed by atoms with van der Waals surface area (Å²) in [6.07, 6.45) is 2.41. The number of aryl methyl sites for hydroxylation is 2. The van der Waals surface area contributed by atoms with E-state index in [0.717, 1.165) is 0 Å². The zero-order chi connectivity index (χ0) is 14.5. The van der Waals surface area contributed by atoms with E-state index in [0.29, 0.717) is 0 Å². The van der Waals surface area contributed by atoms with Gasteiger partial charge in [0.25, 0.3) is 0 Å². The van der Waals surface area contributed by atoms with Crippen LogP contribution in [0.4, 0.5) is 0 Å². The van der Waals surface area contributed by atoms with Gasteiger partial charge in [-0.3, -0.25) is 0 Å². The van der Waals surface area contributed by atoms with E-state index < -0.39 is 0 Å². The molecule has 0 saturated carbocycles. The van der Waals surface area contributed by atoms with Gasteiger partial charge in [-0.1, -0.05) is 68.8 Å². The molecule has 0 radical (unpaired) electrons. The van der Waals surface area contributed by atoms with Gasteiger partial charge in [0, 0.05) is 0 Å². The van der Waals surface area contributed by atoms with Gasteiger partial charge in [0.1, 0.15) is 0 Å². The fourth-order valence-corrected chi connectivity index (χ4v) is 3.08. The van der Waals surface area contributed by atoms with E-state index in [4.69, 9.17) is 0 Å². The second kappa shape index (κ2) is 4.34. The van der Waals surface area contributed by atoms with E-state index in [9.17, 15) is 0 Å². The lowest BCUT2D eigenvalue weighted by molar-refractivity contribution is 0.546. The summed E-state index contributed by atoms with van der Waals surface area (Å²) >= 11 is 0. The molecule has 0 N–H and O–H groups in total. The van der Waals surface area contributed by atoms with Gasteiger partial charge in [-0.25, -0.2) is 0 Å². The second-order valence-corrected chi connectivity index (χ2v) is 6.97. The lowest BCUT2D eigenvalue weighted by Crippen LogP contribution is -2.01. The molecule has 0 amide bonds. The Kier molecular flexibility index (Phi) is 2.86. The molecule has 0 spiro atoms. The standard InChI is InChI=1S/C20H22/c1-13-9-10-15-17(11-13)19-14(2)7-6-8-16(19)18(15)12-20(3,4)5/h6-12H,1-5H3/b18-12+. The Morgan fingerprint density at radius 1 is 0.850 bits per heavy atom. The lowest BCUT2D eigenvalue weighted by Gasteiger charge is -2.15. The van der Waals surface area contributed by atoms with Crippen molar-refractivity contribution in [1.29, 1.82) is 0 Å². The second-order valence-electron chi connectivity index (χ2n) is 6.97. The van der Waals surface area contributed by atoms with Crippen molar-refractivity contribution in [3.8, 4) is 11.1 Å². The summed E-state index contributed by atoms with van der Waals surface area (Å²) in [6.45, 7) is 11.2. The first-order chi connectivity index (χ1) is 9.37. The van der Waals surface area contributed by atoms with E-state index in [-0.39, 0.29) is 5.41 Å². The summed E-state index contributed by atoms with van der Waals surface area (Å²) in [5.41, 5.74) is 9.86. The molecule has 0 nitrogen and oxygen atoms in total. The summed E-state index contributed by atoms with van der Waals surface area (Å²) in [5.74, 6) is 0. The molecule has 0 aliphatic heterocycles. The van der Waals surface area contributed by atoms with E-state index in [1.807, 2.05) is 0 Å². The highest BCUT2D eigenvalue weighted by atomic mass is 14.3. The Morgan fingerprint density at radius 2 is 1.60 bits per heavy atom. The molecule has 0 heterocycles. The van der Waals surface area contributed by atoms with E-state index in [1.54, 1.807) is 0 Å². The van der Waals surface area contributed by atoms with Crippen LogP contribution < -0.4 is 0 Å². The molecule has 2 aromatic carbocycles. The number of hydrogen-bond donors (Lipinski definition) is 0. The van der Waals surface area contributed by atoms with Crippen molar-refractivity contribution < 1.29 is 0 Å². The minimum absolute atomic E-state index is 0.183. The van der Waals surface area contributed by atoms with Crippen LogP contribution in [0.5, 0.6) is 0 Å². The molecule has 0 aromatic heterocycles. The first kappa shape index (κ1) is 13.2. The predicted octanol–water partition coefficient (Wildman–Crippen LogP) is 5.76. The van der Waals surface area contributed by atoms with Crippen LogP contribution in [0.2, 0.25) is 0 Å². The Morgan fingerprint density at radius 3 is 2.30 bits per heavy atom. The normalized spacial score (nSPS) is 15.3. The lowest BCUT2D eigenvalue weighted by atomic mass is 9.90. The molecule has 0 fully saturated rings. The van der Waals surface area contributed by atoms with Crippen LogP contribution in [-0.4, -0.2) is 0 Å². The van der Waals surface area contributed by atoms with Crippen LogP contribution >= 0.6 is 0 Å². The number of hydrogen-bond acceptors (Lipinski definition) is 0. The third-order valence-corrected chi connectivity index (χ3v) is 3.87. The first-order valence-corrected chi connectivity index (χ1v) is 7.31. The molecular formula is C20H22. The Bertz CT molecular complexity index is 709. The molecule has 20 heavy (non-hydrogen) atoms. The fraction of sp³-hybridized carbons (Fsp3) is 0.300. The monoisotopic (exact) mass is 262 g/mol. The maximum absolute atomic E-state index is 2.41. The van der Waals surface area contributed by atoms with Crippen LogP contribution in [0.1, 0.15) is 43.0 Å². The summed E-state index contributed by atoms with van der Waals surface area (Å²) in [4.78, 5) is 0. The van der Waals surface area contributed by atoms with Gasteiger partial charge in [0.15, 0.2) is 0 Å². The molecular weight excluding hydrogens is 240 g/mol. The van der Waals surface area contributed by atoms with Crippen molar-refractivity contribution in [2.75, 3.05) is 0 Å². The summed E-state index contributed by atoms with van der Waals surface area (Å²) in [5, 5.41) is 0. The average molecular weight is 262 g/mol. The van der Waals surface area contributed by atoms with Crippen LogP contribution in [0.15, 0.2) is 42.5 Å². The van der Waals surface area contributed by atoms with Crippen molar-refractivity contribution in [3.05, 3.63) is 64.7 Å². The number of fused-ring (bicyclic) bond motifs is 3. The molecule has 0 atom stereocenters. The SMILES string of the molecule is Cc1ccc2c(c1)-c1c(C)cccc1/C2=C/C(C)(C)C. The minimum Gasteiger partial charge on any atom is -0.0706 e. The molecule has 1 aliphatic rings. The highest BCUT2D eigenvalue weighted by Gasteiger charge is 2.25. The predicted molar refractivity (Wildman–Crippen MR) is 87.9 cm³/mol. The zero-order valence-corrected chi connectivity index (χ0v) is 13.0. The van der Waals surface area contributed by atoms with Gasteiger partial charge in [0.05, 0.1) is 0 Å². The highest BCUT2D eigenvalue weighted by Crippen LogP contribution is 2.47. The third-order valence-electron chi connectivity index (χ3n) is 3.87. The Hall–Kier alpha value is -1.82. The van der Waals surface area contributed by atoms with Crippen molar-refractivity contribution >= 4 is 5.57 Å². The minimum atomic E-state index is 0.183. The maximum atomic E-state index is 2.41. The fourth-order valence-electron chi connectivity index (χ4n) is 3.08. The number of rotatable bonds is 0. The molecule has 102 valence electrons. The van der Waals surface area contributed by atoms with Crippen LogP contribution in [0.25, 0.3) is 16.7 Å². The molecule has 0 saturated heterocycles. The van der Waals surface area contributed by atoms with Gasteiger partial charge < -0.3 is 0 Å². The zero-order valence-electron chi connectivity index (χ0n) is 13.0. The molecule has 3 rings (SSSR count). The summed E-state index contributed by atoms with van der Waals surface area (Å²) in [6, 6.07) is 13.5. The van der Waals surface area contributed by atoms with E-state index >= 15 is 0 Å². The van der Waals surface area contributed by atoms with Crippen LogP contribution in [-0.2, 0) is 0 Å². The Balaban J connectivity index is 2.37. The number of benzene rings is 2.